The summed E-state index contributed by atoms with van der Waals surface area (Å²) in [5.41, 5.74) is -1.05. The third-order valence-corrected chi connectivity index (χ3v) is 4.37. The predicted molar refractivity (Wildman–Crippen MR) is 55.7 cm³/mol. The molecule has 1 aliphatic rings. The summed E-state index contributed by atoms with van der Waals surface area (Å²) in [5, 5.41) is 8.98. The standard InChI is InChI=1S/C10H10F3NO3S/c11-6-3-7(12)9(8(13)4-6)18(16,17)14-10(5-15)1-2-10/h3-4,14-15H,1-2,5H2. The normalized spacial score (nSPS) is 17.8. The van der Waals surface area contributed by atoms with Crippen molar-refractivity contribution in [2.45, 2.75) is 23.3 Å². The first-order chi connectivity index (χ1) is 8.30. The van der Waals surface area contributed by atoms with Crippen molar-refractivity contribution in [3.8, 4) is 0 Å². The molecule has 0 aromatic heterocycles. The molecular formula is C10H10F3NO3S. The minimum atomic E-state index is -4.47. The number of hydrogen-bond donors (Lipinski definition) is 2. The van der Waals surface area contributed by atoms with Crippen LogP contribution < -0.4 is 4.72 Å². The van der Waals surface area contributed by atoms with Gasteiger partial charge in [0.05, 0.1) is 12.1 Å². The van der Waals surface area contributed by atoms with Crippen LogP contribution in [0.15, 0.2) is 17.0 Å². The van der Waals surface area contributed by atoms with Crippen LogP contribution in [0.4, 0.5) is 13.2 Å². The van der Waals surface area contributed by atoms with E-state index in [1.54, 1.807) is 0 Å². The second-order valence-corrected chi connectivity index (χ2v) is 5.86. The van der Waals surface area contributed by atoms with Crippen LogP contribution in [0, 0.1) is 17.5 Å². The highest BCUT2D eigenvalue weighted by Crippen LogP contribution is 2.36. The Kier molecular flexibility index (Phi) is 3.12. The van der Waals surface area contributed by atoms with Crippen molar-refractivity contribution in [3.63, 3.8) is 0 Å². The van der Waals surface area contributed by atoms with Crippen molar-refractivity contribution in [2.75, 3.05) is 6.61 Å². The van der Waals surface area contributed by atoms with Crippen molar-refractivity contribution in [1.82, 2.24) is 4.72 Å². The summed E-state index contributed by atoms with van der Waals surface area (Å²) in [6, 6.07) is 0.576. The van der Waals surface area contributed by atoms with Gasteiger partial charge in [-0.2, -0.15) is 0 Å². The van der Waals surface area contributed by atoms with Gasteiger partial charge in [0.1, 0.15) is 17.5 Å². The summed E-state index contributed by atoms with van der Waals surface area (Å²) in [7, 11) is -4.47. The molecule has 2 N–H and O–H groups in total. The van der Waals surface area contributed by atoms with Crippen LogP contribution in [0.25, 0.3) is 0 Å². The summed E-state index contributed by atoms with van der Waals surface area (Å²) >= 11 is 0. The molecule has 0 atom stereocenters. The Morgan fingerprint density at radius 3 is 2.11 bits per heavy atom. The minimum absolute atomic E-state index is 0.288. The number of benzene rings is 1. The van der Waals surface area contributed by atoms with Crippen LogP contribution in [0.5, 0.6) is 0 Å². The number of halogens is 3. The van der Waals surface area contributed by atoms with Gasteiger partial charge in [-0.15, -0.1) is 0 Å². The average molecular weight is 281 g/mol. The van der Waals surface area contributed by atoms with Crippen molar-refractivity contribution in [2.24, 2.45) is 0 Å². The lowest BCUT2D eigenvalue weighted by Gasteiger charge is -2.15. The molecule has 4 nitrogen and oxygen atoms in total. The Morgan fingerprint density at radius 2 is 1.72 bits per heavy atom. The fourth-order valence-electron chi connectivity index (χ4n) is 1.57. The summed E-state index contributed by atoms with van der Waals surface area (Å²) < 4.78 is 64.9. The Labute approximate surface area is 101 Å². The Balaban J connectivity index is 2.42. The van der Waals surface area contributed by atoms with E-state index in [9.17, 15) is 21.6 Å². The fourth-order valence-corrected chi connectivity index (χ4v) is 3.14. The molecule has 1 fully saturated rings. The highest BCUT2D eigenvalue weighted by molar-refractivity contribution is 7.89. The van der Waals surface area contributed by atoms with Gasteiger partial charge in [-0.25, -0.2) is 26.3 Å². The molecule has 1 aliphatic carbocycles. The van der Waals surface area contributed by atoms with Gasteiger partial charge >= 0.3 is 0 Å². The largest absolute Gasteiger partial charge is 0.394 e. The molecule has 0 saturated heterocycles. The number of aliphatic hydroxyl groups excluding tert-OH is 1. The summed E-state index contributed by atoms with van der Waals surface area (Å²) in [6.45, 7) is -0.462. The molecule has 0 spiro atoms. The zero-order valence-electron chi connectivity index (χ0n) is 9.08. The second-order valence-electron chi connectivity index (χ2n) is 4.24. The lowest BCUT2D eigenvalue weighted by Crippen LogP contribution is -2.40. The summed E-state index contributed by atoms with van der Waals surface area (Å²) in [6.07, 6.45) is 0.764. The number of aliphatic hydroxyl groups is 1. The molecule has 18 heavy (non-hydrogen) atoms. The molecule has 1 saturated carbocycles. The van der Waals surface area contributed by atoms with E-state index in [4.69, 9.17) is 5.11 Å². The third kappa shape index (κ3) is 2.36. The van der Waals surface area contributed by atoms with Crippen molar-refractivity contribution in [1.29, 1.82) is 0 Å². The van der Waals surface area contributed by atoms with Crippen LogP contribution >= 0.6 is 0 Å². The van der Waals surface area contributed by atoms with E-state index in [1.165, 1.54) is 0 Å². The topological polar surface area (TPSA) is 66.4 Å². The van der Waals surface area contributed by atoms with Crippen LogP contribution in [0.3, 0.4) is 0 Å². The van der Waals surface area contributed by atoms with E-state index in [0.29, 0.717) is 12.8 Å². The third-order valence-electron chi connectivity index (χ3n) is 2.74. The van der Waals surface area contributed by atoms with Gasteiger partial charge in [0.25, 0.3) is 0 Å². The number of nitrogens with one attached hydrogen (secondary N) is 1. The first-order valence-corrected chi connectivity index (χ1v) is 6.57. The van der Waals surface area contributed by atoms with E-state index in [-0.39, 0.29) is 12.1 Å². The molecule has 100 valence electrons. The number of rotatable bonds is 4. The first-order valence-electron chi connectivity index (χ1n) is 5.09. The van der Waals surface area contributed by atoms with Gasteiger partial charge in [0.2, 0.25) is 10.0 Å². The molecule has 0 heterocycles. The number of sulfonamides is 1. The molecular weight excluding hydrogens is 271 g/mol. The lowest BCUT2D eigenvalue weighted by atomic mass is 10.3. The fraction of sp³-hybridized carbons (Fsp3) is 0.400. The molecule has 0 radical (unpaired) electrons. The van der Waals surface area contributed by atoms with Gasteiger partial charge in [0.15, 0.2) is 4.90 Å². The zero-order valence-corrected chi connectivity index (χ0v) is 9.90. The van der Waals surface area contributed by atoms with E-state index in [2.05, 4.69) is 0 Å². The van der Waals surface area contributed by atoms with Crippen LogP contribution in [0.2, 0.25) is 0 Å². The Bertz CT molecular complexity index is 561. The van der Waals surface area contributed by atoms with Gasteiger partial charge in [-0.05, 0) is 12.8 Å². The Hall–Kier alpha value is -1.12. The van der Waals surface area contributed by atoms with Gasteiger partial charge < -0.3 is 5.11 Å². The lowest BCUT2D eigenvalue weighted by molar-refractivity contribution is 0.246. The zero-order chi connectivity index (χ0) is 13.6. The molecule has 0 bridgehead atoms. The van der Waals surface area contributed by atoms with Crippen molar-refractivity contribution >= 4 is 10.0 Å². The van der Waals surface area contributed by atoms with Gasteiger partial charge in [-0.3, -0.25) is 0 Å². The predicted octanol–water partition coefficient (Wildman–Crippen LogP) is 0.907. The van der Waals surface area contributed by atoms with E-state index < -0.39 is 44.5 Å². The van der Waals surface area contributed by atoms with Gasteiger partial charge in [-0.1, -0.05) is 0 Å². The van der Waals surface area contributed by atoms with Crippen molar-refractivity contribution < 1.29 is 26.7 Å². The maximum absolute atomic E-state index is 13.3. The summed E-state index contributed by atoms with van der Waals surface area (Å²) in [4.78, 5) is -1.23. The van der Waals surface area contributed by atoms with Gasteiger partial charge in [0, 0.05) is 12.1 Å². The average Bonchev–Trinajstić information content (AvgIpc) is 2.95. The van der Waals surface area contributed by atoms with E-state index >= 15 is 0 Å². The smallest absolute Gasteiger partial charge is 0.247 e. The molecule has 8 heteroatoms. The van der Waals surface area contributed by atoms with E-state index in [1.807, 2.05) is 4.72 Å². The molecule has 0 aliphatic heterocycles. The Morgan fingerprint density at radius 1 is 1.22 bits per heavy atom. The molecule has 0 unspecified atom stereocenters. The van der Waals surface area contributed by atoms with Crippen LogP contribution in [0.1, 0.15) is 12.8 Å². The van der Waals surface area contributed by atoms with Crippen LogP contribution in [-0.4, -0.2) is 25.7 Å². The number of hydrogen-bond acceptors (Lipinski definition) is 3. The SMILES string of the molecule is O=S(=O)(NC1(CO)CC1)c1c(F)cc(F)cc1F. The highest BCUT2D eigenvalue weighted by Gasteiger charge is 2.46. The molecule has 2 rings (SSSR count). The minimum Gasteiger partial charge on any atom is -0.394 e. The maximum Gasteiger partial charge on any atom is 0.247 e. The molecule has 1 aromatic rings. The van der Waals surface area contributed by atoms with Crippen molar-refractivity contribution in [3.05, 3.63) is 29.6 Å². The molecule has 0 amide bonds. The quantitative estimate of drug-likeness (QED) is 0.862. The monoisotopic (exact) mass is 281 g/mol. The van der Waals surface area contributed by atoms with Crippen LogP contribution in [-0.2, 0) is 10.0 Å². The second kappa shape index (κ2) is 4.22. The first kappa shape index (κ1) is 13.3. The summed E-state index contributed by atoms with van der Waals surface area (Å²) in [5.74, 6) is -4.21. The maximum atomic E-state index is 13.3. The highest BCUT2D eigenvalue weighted by atomic mass is 32.2. The van der Waals surface area contributed by atoms with E-state index in [0.717, 1.165) is 0 Å². The molecule has 1 aromatic carbocycles.